The van der Waals surface area contributed by atoms with E-state index in [4.69, 9.17) is 9.47 Å². The molecule has 102 valence electrons. The van der Waals surface area contributed by atoms with Gasteiger partial charge in [0.1, 0.15) is 0 Å². The van der Waals surface area contributed by atoms with Crippen LogP contribution >= 0.6 is 11.8 Å². The van der Waals surface area contributed by atoms with E-state index < -0.39 is 0 Å². The first-order chi connectivity index (χ1) is 8.86. The van der Waals surface area contributed by atoms with E-state index in [1.54, 1.807) is 7.11 Å². The van der Waals surface area contributed by atoms with Gasteiger partial charge in [-0.2, -0.15) is 0 Å². The monoisotopic (exact) mass is 269 g/mol. The first kappa shape index (κ1) is 15.5. The third-order valence-corrected chi connectivity index (χ3v) is 3.54. The van der Waals surface area contributed by atoms with Gasteiger partial charge in [0, 0.05) is 30.9 Å². The second-order valence-electron chi connectivity index (χ2n) is 3.98. The summed E-state index contributed by atoms with van der Waals surface area (Å²) in [7, 11) is 3.66. The van der Waals surface area contributed by atoms with Gasteiger partial charge in [0.05, 0.1) is 13.2 Å². The van der Waals surface area contributed by atoms with Crippen molar-refractivity contribution in [2.75, 3.05) is 39.7 Å². The smallest absolute Gasteiger partial charge is 0.0700 e. The molecule has 0 aliphatic carbocycles. The molecule has 0 aliphatic heterocycles. The summed E-state index contributed by atoms with van der Waals surface area (Å²) in [6, 6.07) is 8.72. The van der Waals surface area contributed by atoms with Gasteiger partial charge in [0.25, 0.3) is 0 Å². The fraction of sp³-hybridized carbons (Fsp3) is 0.571. The van der Waals surface area contributed by atoms with Crippen LogP contribution in [0.4, 0.5) is 0 Å². The van der Waals surface area contributed by atoms with Gasteiger partial charge in [-0.25, -0.2) is 0 Å². The van der Waals surface area contributed by atoms with Crippen molar-refractivity contribution in [1.82, 2.24) is 5.32 Å². The number of methoxy groups -OCH3 is 1. The van der Waals surface area contributed by atoms with Gasteiger partial charge in [-0.3, -0.25) is 0 Å². The SMILES string of the molecule is CNCc1ccc(SCCCOCCOC)cc1. The largest absolute Gasteiger partial charge is 0.382 e. The molecule has 0 aliphatic rings. The Morgan fingerprint density at radius 2 is 1.89 bits per heavy atom. The summed E-state index contributed by atoms with van der Waals surface area (Å²) < 4.78 is 10.3. The standard InChI is InChI=1S/C14H23NO2S/c1-15-12-13-4-6-14(7-5-13)18-11-3-8-17-10-9-16-2/h4-7,15H,3,8-12H2,1-2H3. The maximum Gasteiger partial charge on any atom is 0.0700 e. The molecule has 1 aromatic carbocycles. The fourth-order valence-corrected chi connectivity index (χ4v) is 2.33. The summed E-state index contributed by atoms with van der Waals surface area (Å²) in [5, 5.41) is 3.15. The van der Waals surface area contributed by atoms with Crippen LogP contribution in [0.25, 0.3) is 0 Å². The van der Waals surface area contributed by atoms with E-state index in [-0.39, 0.29) is 0 Å². The zero-order valence-electron chi connectivity index (χ0n) is 11.3. The van der Waals surface area contributed by atoms with Crippen LogP contribution in [0.15, 0.2) is 29.2 Å². The Hall–Kier alpha value is -0.550. The molecule has 4 heteroatoms. The van der Waals surface area contributed by atoms with Crippen LogP contribution in [-0.4, -0.2) is 39.7 Å². The minimum absolute atomic E-state index is 0.681. The molecular weight excluding hydrogens is 246 g/mol. The van der Waals surface area contributed by atoms with Crippen molar-refractivity contribution >= 4 is 11.8 Å². The number of rotatable bonds is 10. The highest BCUT2D eigenvalue weighted by Crippen LogP contribution is 2.19. The summed E-state index contributed by atoms with van der Waals surface area (Å²) in [5.74, 6) is 1.10. The van der Waals surface area contributed by atoms with E-state index in [2.05, 4.69) is 29.6 Å². The molecule has 0 bridgehead atoms. The van der Waals surface area contributed by atoms with Crippen molar-refractivity contribution in [1.29, 1.82) is 0 Å². The van der Waals surface area contributed by atoms with Gasteiger partial charge >= 0.3 is 0 Å². The highest BCUT2D eigenvalue weighted by molar-refractivity contribution is 7.99. The van der Waals surface area contributed by atoms with Crippen molar-refractivity contribution in [2.24, 2.45) is 0 Å². The van der Waals surface area contributed by atoms with E-state index in [1.807, 2.05) is 18.8 Å². The second-order valence-corrected chi connectivity index (χ2v) is 5.15. The number of nitrogens with one attached hydrogen (secondary N) is 1. The van der Waals surface area contributed by atoms with Crippen LogP contribution in [0.2, 0.25) is 0 Å². The number of hydrogen-bond acceptors (Lipinski definition) is 4. The van der Waals surface area contributed by atoms with Gasteiger partial charge in [-0.1, -0.05) is 12.1 Å². The Labute approximate surface area is 114 Å². The Kier molecular flexibility index (Phi) is 8.94. The topological polar surface area (TPSA) is 30.5 Å². The van der Waals surface area contributed by atoms with Crippen LogP contribution in [-0.2, 0) is 16.0 Å². The summed E-state index contributed by atoms with van der Waals surface area (Å²) >= 11 is 1.88. The van der Waals surface area contributed by atoms with E-state index in [0.717, 1.165) is 25.3 Å². The summed E-state index contributed by atoms with van der Waals surface area (Å²) in [6.07, 6.45) is 1.08. The van der Waals surface area contributed by atoms with E-state index in [0.29, 0.717) is 13.2 Å². The maximum atomic E-state index is 5.42. The highest BCUT2D eigenvalue weighted by Gasteiger charge is 1.96. The lowest BCUT2D eigenvalue weighted by Crippen LogP contribution is -2.04. The summed E-state index contributed by atoms with van der Waals surface area (Å²) in [5.41, 5.74) is 1.32. The molecule has 0 spiro atoms. The average Bonchev–Trinajstić information content (AvgIpc) is 2.40. The van der Waals surface area contributed by atoms with Crippen LogP contribution in [0, 0.1) is 0 Å². The Bertz CT molecular complexity index is 303. The normalized spacial score (nSPS) is 10.8. The number of benzene rings is 1. The maximum absolute atomic E-state index is 5.42. The second kappa shape index (κ2) is 10.4. The van der Waals surface area contributed by atoms with Crippen molar-refractivity contribution in [2.45, 2.75) is 17.9 Å². The molecule has 0 radical (unpaired) electrons. The van der Waals surface area contributed by atoms with Gasteiger partial charge in [0.2, 0.25) is 0 Å². The molecule has 1 aromatic rings. The molecule has 0 aromatic heterocycles. The molecule has 18 heavy (non-hydrogen) atoms. The molecule has 1 rings (SSSR count). The number of thioether (sulfide) groups is 1. The molecule has 1 N–H and O–H groups in total. The highest BCUT2D eigenvalue weighted by atomic mass is 32.2. The van der Waals surface area contributed by atoms with Crippen LogP contribution in [0.1, 0.15) is 12.0 Å². The van der Waals surface area contributed by atoms with Crippen LogP contribution < -0.4 is 5.32 Å². The number of ether oxygens (including phenoxy) is 2. The van der Waals surface area contributed by atoms with Crippen LogP contribution in [0.5, 0.6) is 0 Å². The first-order valence-corrected chi connectivity index (χ1v) is 7.28. The lowest BCUT2D eigenvalue weighted by Gasteiger charge is -2.05. The minimum atomic E-state index is 0.681. The molecule has 0 saturated carbocycles. The summed E-state index contributed by atoms with van der Waals surface area (Å²) in [6.45, 7) is 3.12. The zero-order valence-corrected chi connectivity index (χ0v) is 12.1. The Morgan fingerprint density at radius 3 is 2.56 bits per heavy atom. The molecule has 0 fully saturated rings. The third-order valence-electron chi connectivity index (χ3n) is 2.44. The lowest BCUT2D eigenvalue weighted by atomic mass is 10.2. The van der Waals surface area contributed by atoms with Gasteiger partial charge in [-0.05, 0) is 31.2 Å². The quantitative estimate of drug-likeness (QED) is 0.522. The van der Waals surface area contributed by atoms with E-state index in [1.165, 1.54) is 10.5 Å². The zero-order chi connectivity index (χ0) is 13.1. The molecule has 0 saturated heterocycles. The molecule has 0 heterocycles. The predicted octanol–water partition coefficient (Wildman–Crippen LogP) is 2.55. The van der Waals surface area contributed by atoms with Gasteiger partial charge in [-0.15, -0.1) is 11.8 Å². The average molecular weight is 269 g/mol. The summed E-state index contributed by atoms with van der Waals surface area (Å²) in [4.78, 5) is 1.33. The van der Waals surface area contributed by atoms with Crippen molar-refractivity contribution < 1.29 is 9.47 Å². The number of hydrogen-bond donors (Lipinski definition) is 1. The van der Waals surface area contributed by atoms with Gasteiger partial charge < -0.3 is 14.8 Å². The van der Waals surface area contributed by atoms with Gasteiger partial charge in [0.15, 0.2) is 0 Å². The third kappa shape index (κ3) is 7.01. The van der Waals surface area contributed by atoms with E-state index in [9.17, 15) is 0 Å². The fourth-order valence-electron chi connectivity index (χ4n) is 1.50. The minimum Gasteiger partial charge on any atom is -0.382 e. The Balaban J connectivity index is 2.08. The molecule has 0 atom stereocenters. The lowest BCUT2D eigenvalue weighted by molar-refractivity contribution is 0.0713. The molecule has 3 nitrogen and oxygen atoms in total. The van der Waals surface area contributed by atoms with E-state index >= 15 is 0 Å². The van der Waals surface area contributed by atoms with Crippen molar-refractivity contribution in [3.8, 4) is 0 Å². The molecule has 0 amide bonds. The van der Waals surface area contributed by atoms with Crippen molar-refractivity contribution in [3.63, 3.8) is 0 Å². The molecule has 0 unspecified atom stereocenters. The Morgan fingerprint density at radius 1 is 1.11 bits per heavy atom. The van der Waals surface area contributed by atoms with Crippen LogP contribution in [0.3, 0.4) is 0 Å². The first-order valence-electron chi connectivity index (χ1n) is 6.30. The van der Waals surface area contributed by atoms with Crippen molar-refractivity contribution in [3.05, 3.63) is 29.8 Å². The predicted molar refractivity (Wildman–Crippen MR) is 77.2 cm³/mol. The molecular formula is C14H23NO2S.